The normalized spacial score (nSPS) is 10.6. The monoisotopic (exact) mass is 2060 g/mol. The second-order valence-electron chi connectivity index (χ2n) is 30.2. The molecule has 0 aliphatic heterocycles. The number of fused-ring (bicyclic) bond motifs is 2. The van der Waals surface area contributed by atoms with E-state index in [1.165, 1.54) is 101 Å². The number of rotatable bonds is 34. The number of carbonyl (C=O) groups is 5. The summed E-state index contributed by atoms with van der Waals surface area (Å²) in [5.74, 6) is -0.915. The molecule has 40 nitrogen and oxygen atoms in total. The van der Waals surface area contributed by atoms with Gasteiger partial charge in [0.15, 0.2) is 29.0 Å². The smallest absolute Gasteiger partial charge is 0.421 e. The predicted octanol–water partition coefficient (Wildman–Crippen LogP) is 22.0. The predicted molar refractivity (Wildman–Crippen MR) is 554 cm³/mol. The van der Waals surface area contributed by atoms with Crippen molar-refractivity contribution in [3.8, 4) is 34.6 Å². The number of methoxy groups -OCH3 is 4. The number of pyridine rings is 2. The van der Waals surface area contributed by atoms with Crippen LogP contribution in [0.15, 0.2) is 319 Å². The summed E-state index contributed by atoms with van der Waals surface area (Å²) < 4.78 is 136. The summed E-state index contributed by atoms with van der Waals surface area (Å²) >= 11 is 6.04. The number of amides is 5. The van der Waals surface area contributed by atoms with Crippen LogP contribution >= 0.6 is 11.6 Å². The number of aromatic amines is 2. The first-order chi connectivity index (χ1) is 72.3. The van der Waals surface area contributed by atoms with Gasteiger partial charge in [0.25, 0.3) is 5.88 Å². The van der Waals surface area contributed by atoms with E-state index in [1.807, 2.05) is 60.7 Å². The first-order valence-corrected chi connectivity index (χ1v) is 44.0. The number of hydrogen-bond donors (Lipinski definition) is 16. The molecule has 8 aromatic carbocycles. The Morgan fingerprint density at radius 1 is 0.320 bits per heavy atom. The van der Waals surface area contributed by atoms with E-state index in [4.69, 9.17) is 35.3 Å². The van der Waals surface area contributed by atoms with Crippen molar-refractivity contribution in [1.29, 1.82) is 0 Å². The number of H-pyrrole nitrogens is 2. The second-order valence-corrected chi connectivity index (χ2v) is 30.6. The lowest BCUT2D eigenvalue weighted by Crippen LogP contribution is -2.13. The zero-order valence-electron chi connectivity index (χ0n) is 78.9. The highest BCUT2D eigenvalue weighted by atomic mass is 35.5. The Hall–Kier alpha value is -20.6. The highest BCUT2D eigenvalue weighted by Gasteiger charge is 2.37. The minimum absolute atomic E-state index is 0.000846. The second kappa shape index (κ2) is 50.9. The molecule has 0 saturated heterocycles. The van der Waals surface area contributed by atoms with Gasteiger partial charge >= 0.3 is 12.4 Å². The van der Waals surface area contributed by atoms with Crippen molar-refractivity contribution in [2.45, 2.75) is 12.4 Å². The van der Waals surface area contributed by atoms with Crippen molar-refractivity contribution in [1.82, 2.24) is 80.2 Å². The van der Waals surface area contributed by atoms with Crippen LogP contribution < -0.4 is 98.1 Å². The van der Waals surface area contributed by atoms with Crippen molar-refractivity contribution in [3.63, 3.8) is 0 Å². The number of halogens is 9. The average molecular weight is 2070 g/mol. The standard InChI is InChI=1S/C21H20N4O4.C20H16ClF3N6O2.C20H17F3N6O2.2C20H16FN7O/c1-4-19(26)23-14-7-6-10-17(12-14)29-20-18(28-3)13-22-21(25-20)24-15-8-5-9-16(11-15)27-2;1-3-17(31)29-16-7-11(4-5-15(16)21)27-18-14(20(22,23)24)10-26-19(30-18)28-12-6-13(32-2)9-25-8-12;1-3-17(30)26-12-5-4-6-13(7-12)27-18-16(20(21,22)23)11-25-19(29-18)28-14-8-15(31-2)10-24-9-14;1-2-18(29)24-13-4-3-5-14(9-13)25-19-16(21)11-22-20(27-19)26-15-6-7-17-12(8-15)10-23-28-17;1-2-18(29)24-13-4-3-5-14(8-13)25-19-16(21)11-22-20(27-19)26-15-7-6-12-10-23-28-17(12)9-15/h4-13H,1H2,2-3H3,(H,23,26)(H,22,24,25);3-10H,1H2,2H3,(H,29,31)(H2,26,27,28,30);3-11H,1H2,2H3,(H,26,30)(H2,25,27,28,29);2*2-11H,1H2,(H,23,28)(H,24,29)(H2,22,25,26,27). The molecule has 16 N–H and O–H groups in total. The van der Waals surface area contributed by atoms with Gasteiger partial charge in [-0.2, -0.15) is 61.5 Å². The Morgan fingerprint density at radius 2 is 0.673 bits per heavy atom. The zero-order chi connectivity index (χ0) is 107. The van der Waals surface area contributed by atoms with Crippen molar-refractivity contribution in [3.05, 3.63) is 347 Å². The van der Waals surface area contributed by atoms with Crippen LogP contribution in [0.3, 0.4) is 0 Å². The largest absolute Gasteiger partial charge is 0.497 e. The van der Waals surface area contributed by atoms with Gasteiger partial charge in [-0.1, -0.05) is 74.8 Å². The number of alkyl halides is 6. The molecule has 0 atom stereocenters. The molecule has 17 aromatic rings. The minimum Gasteiger partial charge on any atom is -0.497 e. The van der Waals surface area contributed by atoms with Crippen LogP contribution in [0.1, 0.15) is 11.1 Å². The first-order valence-electron chi connectivity index (χ1n) is 43.6. The fourth-order valence-electron chi connectivity index (χ4n) is 12.7. The molecule has 0 aliphatic rings. The average Bonchev–Trinajstić information content (AvgIpc) is 0.981. The number of ether oxygens (including phenoxy) is 5. The molecule has 17 rings (SSSR count). The quantitative estimate of drug-likeness (QED) is 0.0132. The van der Waals surface area contributed by atoms with Gasteiger partial charge in [0.1, 0.15) is 45.8 Å². The summed E-state index contributed by atoms with van der Waals surface area (Å²) in [6, 6.07) is 52.6. The van der Waals surface area contributed by atoms with Crippen LogP contribution in [0.2, 0.25) is 5.02 Å². The molecular weight excluding hydrogens is 1980 g/mol. The van der Waals surface area contributed by atoms with E-state index in [0.29, 0.717) is 92.6 Å². The maximum absolute atomic E-state index is 14.2. The number of aromatic nitrogens is 16. The van der Waals surface area contributed by atoms with E-state index in [-0.39, 0.29) is 81.1 Å². The number of nitrogens with one attached hydrogen (secondary N) is 16. The molecule has 0 fully saturated rings. The third-order valence-electron chi connectivity index (χ3n) is 19.7. The molecule has 0 aliphatic carbocycles. The Bertz CT molecular complexity index is 7590. The van der Waals surface area contributed by atoms with E-state index in [2.05, 4.69) is 188 Å². The molecule has 9 aromatic heterocycles. The number of benzene rings is 8. The number of nitrogens with zero attached hydrogens (tertiary/aromatic N) is 14. The van der Waals surface area contributed by atoms with Crippen molar-refractivity contribution < 1.29 is 82.8 Å². The maximum Gasteiger partial charge on any atom is 0.421 e. The number of carbonyl (C=O) groups excluding carboxylic acids is 5. The molecule has 0 spiro atoms. The van der Waals surface area contributed by atoms with Crippen molar-refractivity contribution in [2.75, 3.05) is 103 Å². The van der Waals surface area contributed by atoms with Gasteiger partial charge in [-0.05, 0) is 164 Å². The molecule has 5 amide bonds. The number of anilines is 23. The molecular formula is C101H85ClF8N30O10. The van der Waals surface area contributed by atoms with E-state index >= 15 is 0 Å². The van der Waals surface area contributed by atoms with Gasteiger partial charge in [-0.25, -0.2) is 33.7 Å². The molecule has 762 valence electrons. The van der Waals surface area contributed by atoms with E-state index in [1.54, 1.807) is 117 Å². The highest BCUT2D eigenvalue weighted by molar-refractivity contribution is 6.34. The molecule has 0 saturated carbocycles. The van der Waals surface area contributed by atoms with Crippen molar-refractivity contribution >= 4 is 196 Å². The summed E-state index contributed by atoms with van der Waals surface area (Å²) in [6.07, 6.45) is 10.5. The summed E-state index contributed by atoms with van der Waals surface area (Å²) in [5.41, 5.74) is 6.48. The van der Waals surface area contributed by atoms with Gasteiger partial charge in [0, 0.05) is 110 Å². The van der Waals surface area contributed by atoms with Crippen LogP contribution in [0.4, 0.5) is 168 Å². The van der Waals surface area contributed by atoms with E-state index in [0.717, 1.165) is 63.4 Å². The first kappa shape index (κ1) is 107. The third kappa shape index (κ3) is 31.2. The topological polar surface area (TPSA) is 512 Å². The molecule has 0 bridgehead atoms. The van der Waals surface area contributed by atoms with Gasteiger partial charge in [-0.15, -0.1) is 0 Å². The van der Waals surface area contributed by atoms with Crippen LogP contribution in [0, 0.1) is 11.6 Å². The molecule has 49 heteroatoms. The van der Waals surface area contributed by atoms with Gasteiger partial charge in [0.05, 0.1) is 117 Å². The molecule has 9 heterocycles. The third-order valence-corrected chi connectivity index (χ3v) is 20.0. The molecule has 0 unspecified atom stereocenters. The maximum atomic E-state index is 14.2. The fourth-order valence-corrected chi connectivity index (χ4v) is 12.9. The zero-order valence-corrected chi connectivity index (χ0v) is 79.7. The molecule has 150 heavy (non-hydrogen) atoms. The number of hydrogen-bond acceptors (Lipinski definition) is 33. The van der Waals surface area contributed by atoms with E-state index < -0.39 is 58.6 Å². The summed E-state index contributed by atoms with van der Waals surface area (Å²) in [5, 5.41) is 54.5. The summed E-state index contributed by atoms with van der Waals surface area (Å²) in [6.45, 7) is 16.9. The lowest BCUT2D eigenvalue weighted by atomic mass is 10.2. The summed E-state index contributed by atoms with van der Waals surface area (Å²) in [4.78, 5) is 106. The van der Waals surface area contributed by atoms with Crippen LogP contribution in [0.25, 0.3) is 21.8 Å². The Labute approximate surface area is 851 Å². The lowest BCUT2D eigenvalue weighted by Gasteiger charge is -2.16. The van der Waals surface area contributed by atoms with Crippen LogP contribution in [-0.4, -0.2) is 138 Å². The van der Waals surface area contributed by atoms with E-state index in [9.17, 15) is 59.1 Å². The Kier molecular flexibility index (Phi) is 36.2. The Balaban J connectivity index is 0.000000156. The SMILES string of the molecule is C=CC(=O)Nc1cc(Nc2nc(Nc3cncc(OC)c3)ncc2C(F)(F)F)ccc1Cl.C=CC(=O)Nc1cccc(Nc2nc(Nc3ccc4[nH]ncc4c3)ncc2F)c1.C=CC(=O)Nc1cccc(Nc2nc(Nc3ccc4cn[nH]c4c3)ncc2F)c1.C=CC(=O)Nc1cccc(Nc2nc(Nc3cncc(OC)c3)ncc2C(F)(F)F)c1.C=CC(=O)Nc1cccc(Oc2nc(Nc3cccc(OC)c3)ncc2OC)c1. The van der Waals surface area contributed by atoms with Gasteiger partial charge in [0.2, 0.25) is 59.3 Å². The fraction of sp³-hybridized carbons (Fsp3) is 0.0594. The molecule has 0 radical (unpaired) electrons. The highest BCUT2D eigenvalue weighted by Crippen LogP contribution is 2.41. The van der Waals surface area contributed by atoms with Crippen LogP contribution in [0.5, 0.6) is 34.6 Å². The summed E-state index contributed by atoms with van der Waals surface area (Å²) in [7, 11) is 6.01. The van der Waals surface area contributed by atoms with Gasteiger partial charge in [-0.3, -0.25) is 44.1 Å². The van der Waals surface area contributed by atoms with Crippen molar-refractivity contribution in [2.24, 2.45) is 0 Å². The van der Waals surface area contributed by atoms with Crippen LogP contribution in [-0.2, 0) is 36.3 Å². The van der Waals surface area contributed by atoms with Gasteiger partial charge < -0.3 is 98.1 Å². The Morgan fingerprint density at radius 3 is 1.14 bits per heavy atom. The lowest BCUT2D eigenvalue weighted by molar-refractivity contribution is -0.138. The minimum atomic E-state index is -4.72.